The summed E-state index contributed by atoms with van der Waals surface area (Å²) >= 11 is 0. The van der Waals surface area contributed by atoms with E-state index in [1.54, 1.807) is 0 Å². The first-order chi connectivity index (χ1) is 5.25. The third kappa shape index (κ3) is 5.99. The van der Waals surface area contributed by atoms with Gasteiger partial charge in [-0.15, -0.1) is 0 Å². The van der Waals surface area contributed by atoms with E-state index in [9.17, 15) is 32.8 Å². The Morgan fingerprint density at radius 1 is 1.23 bits per heavy atom. The summed E-state index contributed by atoms with van der Waals surface area (Å²) in [6.07, 6.45) is -1.39. The number of carbonyl (C=O) groups is 2. The van der Waals surface area contributed by atoms with Crippen LogP contribution in [0.15, 0.2) is 0 Å². The van der Waals surface area contributed by atoms with Gasteiger partial charge in [0.15, 0.2) is 0 Å². The van der Waals surface area contributed by atoms with Crippen LogP contribution in [0.25, 0.3) is 0 Å². The maximum Gasteiger partial charge on any atom is 1.00 e. The second-order valence-electron chi connectivity index (χ2n) is 1.88. The van der Waals surface area contributed by atoms with Crippen molar-refractivity contribution in [2.75, 3.05) is 0 Å². The molecule has 0 heterocycles. The molecular weight excluding hydrogens is 215 g/mol. The summed E-state index contributed by atoms with van der Waals surface area (Å²) in [5.41, 5.74) is 0. The average molecular weight is 218 g/mol. The molecule has 0 aromatic heterocycles. The molecule has 0 aliphatic carbocycles. The number of carboxylic acids is 2. The molecule has 13 heavy (non-hydrogen) atoms. The number of aliphatic carboxylic acids is 2. The van der Waals surface area contributed by atoms with E-state index in [-0.39, 0.29) is 29.6 Å². The van der Waals surface area contributed by atoms with E-state index in [0.717, 1.165) is 0 Å². The van der Waals surface area contributed by atoms with Crippen molar-refractivity contribution >= 4 is 22.1 Å². The van der Waals surface area contributed by atoms with Crippen LogP contribution >= 0.6 is 0 Å². The summed E-state index contributed by atoms with van der Waals surface area (Å²) in [5.74, 6) is -4.18. The fraction of sp³-hybridized carbons (Fsp3) is 0.500. The molecule has 1 unspecified atom stereocenters. The van der Waals surface area contributed by atoms with Crippen LogP contribution in [0, 0.1) is 0 Å². The van der Waals surface area contributed by atoms with Gasteiger partial charge in [-0.3, -0.25) is 0 Å². The largest absolute Gasteiger partial charge is 1.00 e. The molecule has 7 nitrogen and oxygen atoms in total. The minimum Gasteiger partial charge on any atom is -0.747 e. The number of hydrogen-bond acceptors (Lipinski definition) is 7. The van der Waals surface area contributed by atoms with Crippen molar-refractivity contribution in [2.24, 2.45) is 0 Å². The van der Waals surface area contributed by atoms with Gasteiger partial charge in [0.2, 0.25) is 0 Å². The maximum atomic E-state index is 10.0. The van der Waals surface area contributed by atoms with E-state index < -0.39 is 33.7 Å². The minimum atomic E-state index is -5.19. The molecule has 70 valence electrons. The molecule has 0 aromatic carbocycles. The van der Waals surface area contributed by atoms with E-state index in [0.29, 0.717) is 0 Å². The minimum absolute atomic E-state index is 0. The van der Waals surface area contributed by atoms with Gasteiger partial charge in [-0.1, -0.05) is 0 Å². The van der Waals surface area contributed by atoms with E-state index >= 15 is 0 Å². The zero-order valence-electron chi connectivity index (χ0n) is 6.55. The van der Waals surface area contributed by atoms with Gasteiger partial charge in [-0.2, -0.15) is 0 Å². The van der Waals surface area contributed by atoms with Gasteiger partial charge in [0.05, 0.1) is 11.2 Å². The molecule has 0 amide bonds. The number of hydrogen-bond donors (Lipinski definition) is 0. The predicted octanol–water partition coefficient (Wildman–Crippen LogP) is -7.21. The molecule has 0 saturated heterocycles. The van der Waals surface area contributed by atoms with Crippen LogP contribution in [0.2, 0.25) is 0 Å². The summed E-state index contributed by atoms with van der Waals surface area (Å²) in [4.78, 5) is 19.7. The fourth-order valence-corrected chi connectivity index (χ4v) is 1.03. The number of carboxylic acid groups (broad SMARTS) is 2. The van der Waals surface area contributed by atoms with Crippen molar-refractivity contribution in [3.63, 3.8) is 0 Å². The second kappa shape index (κ2) is 5.55. The van der Waals surface area contributed by atoms with Crippen molar-refractivity contribution in [3.05, 3.63) is 0 Å². The van der Waals surface area contributed by atoms with E-state index in [4.69, 9.17) is 0 Å². The maximum absolute atomic E-state index is 10.0. The molecule has 0 rings (SSSR count). The Balaban J connectivity index is 0. The Bertz CT molecular complexity index is 294. The second-order valence-corrected chi connectivity index (χ2v) is 3.43. The van der Waals surface area contributed by atoms with Gasteiger partial charge in [0, 0.05) is 12.4 Å². The quantitative estimate of drug-likeness (QED) is 0.337. The topological polar surface area (TPSA) is 137 Å². The van der Waals surface area contributed by atoms with Crippen LogP contribution in [0.4, 0.5) is 0 Å². The molecular formula is C4H3NaO7S-2. The summed E-state index contributed by atoms with van der Waals surface area (Å²) in [6.45, 7) is 0. The molecule has 0 saturated carbocycles. The molecule has 0 bridgehead atoms. The van der Waals surface area contributed by atoms with Crippen LogP contribution in [0.3, 0.4) is 0 Å². The number of rotatable bonds is 4. The Labute approximate surface area is 95.8 Å². The molecule has 0 aliphatic rings. The smallest absolute Gasteiger partial charge is 0.747 e. The Morgan fingerprint density at radius 2 is 1.62 bits per heavy atom. The number of carbonyl (C=O) groups excluding carboxylic acids is 2. The zero-order chi connectivity index (χ0) is 9.94. The van der Waals surface area contributed by atoms with Gasteiger partial charge in [0.25, 0.3) is 0 Å². The summed E-state index contributed by atoms with van der Waals surface area (Å²) in [7, 11) is -5.19. The summed E-state index contributed by atoms with van der Waals surface area (Å²) in [5, 5.41) is 17.1. The van der Waals surface area contributed by atoms with Gasteiger partial charge >= 0.3 is 29.6 Å². The average Bonchev–Trinajstić information content (AvgIpc) is 1.79. The van der Waals surface area contributed by atoms with Crippen LogP contribution in [-0.2, 0) is 19.7 Å². The summed E-state index contributed by atoms with van der Waals surface area (Å²) in [6, 6.07) is 0. The Kier molecular flexibility index (Phi) is 6.55. The van der Waals surface area contributed by atoms with Crippen molar-refractivity contribution in [1.82, 2.24) is 0 Å². The van der Waals surface area contributed by atoms with E-state index in [2.05, 4.69) is 0 Å². The van der Waals surface area contributed by atoms with Crippen LogP contribution < -0.4 is 39.8 Å². The molecule has 0 aliphatic heterocycles. The first-order valence-corrected chi connectivity index (χ1v) is 4.07. The molecule has 0 aromatic rings. The first-order valence-electron chi connectivity index (χ1n) is 2.60. The van der Waals surface area contributed by atoms with Crippen molar-refractivity contribution in [2.45, 2.75) is 11.7 Å². The van der Waals surface area contributed by atoms with Crippen molar-refractivity contribution < 1.29 is 62.3 Å². The van der Waals surface area contributed by atoms with Crippen LogP contribution in [-0.4, -0.2) is 30.2 Å². The van der Waals surface area contributed by atoms with Gasteiger partial charge in [0.1, 0.15) is 10.1 Å². The Hall–Kier alpha value is -0.150. The van der Waals surface area contributed by atoms with Crippen LogP contribution in [0.5, 0.6) is 0 Å². The molecule has 0 spiro atoms. The Morgan fingerprint density at radius 3 is 1.69 bits per heavy atom. The normalized spacial score (nSPS) is 12.7. The molecule has 0 N–H and O–H groups in total. The van der Waals surface area contributed by atoms with Gasteiger partial charge in [-0.05, 0) is 0 Å². The molecule has 0 fully saturated rings. The molecule has 0 radical (unpaired) electrons. The fourth-order valence-electron chi connectivity index (χ4n) is 0.455. The summed E-state index contributed by atoms with van der Waals surface area (Å²) < 4.78 is 30.1. The van der Waals surface area contributed by atoms with Gasteiger partial charge < -0.3 is 24.4 Å². The van der Waals surface area contributed by atoms with E-state index in [1.165, 1.54) is 0 Å². The van der Waals surface area contributed by atoms with E-state index in [1.807, 2.05) is 0 Å². The third-order valence-electron chi connectivity index (χ3n) is 0.963. The SMILES string of the molecule is O=C([O-])CC(C(=O)[O-])S(=O)(=O)[O-].[Na+]. The monoisotopic (exact) mass is 218 g/mol. The van der Waals surface area contributed by atoms with Crippen molar-refractivity contribution in [1.29, 1.82) is 0 Å². The molecule has 9 heteroatoms. The van der Waals surface area contributed by atoms with Gasteiger partial charge in [-0.25, -0.2) is 8.42 Å². The van der Waals surface area contributed by atoms with Crippen LogP contribution in [0.1, 0.15) is 6.42 Å². The zero-order valence-corrected chi connectivity index (χ0v) is 9.37. The standard InChI is InChI=1S/C4H6O7S.Na/c5-3(6)1-2(4(7)8)12(9,10)11;/h2H,1H2,(H,5,6)(H,7,8)(H,9,10,11);/q;+1/p-3. The predicted molar refractivity (Wildman–Crippen MR) is 28.1 cm³/mol. The first kappa shape index (κ1) is 15.3. The molecule has 1 atom stereocenters. The third-order valence-corrected chi connectivity index (χ3v) is 2.02. The van der Waals surface area contributed by atoms with Crippen molar-refractivity contribution in [3.8, 4) is 0 Å².